The third-order valence-electron chi connectivity index (χ3n) is 3.05. The van der Waals surface area contributed by atoms with E-state index < -0.39 is 5.38 Å². The standard InChI is InChI=1S/C13H15ClFNO2/c1-9-2-3-10(15)8-11(9)12(14)13(17)16-4-6-18-7-5-16/h2-3,8,12H,4-7H2,1H3. The van der Waals surface area contributed by atoms with E-state index in [-0.39, 0.29) is 11.7 Å². The van der Waals surface area contributed by atoms with Crippen molar-refractivity contribution in [3.63, 3.8) is 0 Å². The van der Waals surface area contributed by atoms with Crippen molar-refractivity contribution in [2.45, 2.75) is 12.3 Å². The van der Waals surface area contributed by atoms with Gasteiger partial charge in [-0.25, -0.2) is 4.39 Å². The van der Waals surface area contributed by atoms with Crippen molar-refractivity contribution < 1.29 is 13.9 Å². The number of ether oxygens (including phenoxy) is 1. The molecule has 0 bridgehead atoms. The van der Waals surface area contributed by atoms with Crippen LogP contribution in [0.25, 0.3) is 0 Å². The summed E-state index contributed by atoms with van der Waals surface area (Å²) in [5, 5.41) is -0.834. The first-order chi connectivity index (χ1) is 8.59. The van der Waals surface area contributed by atoms with Crippen molar-refractivity contribution >= 4 is 17.5 Å². The van der Waals surface area contributed by atoms with Gasteiger partial charge in [0, 0.05) is 13.1 Å². The highest BCUT2D eigenvalue weighted by Gasteiger charge is 2.26. The van der Waals surface area contributed by atoms with Gasteiger partial charge in [0.2, 0.25) is 5.91 Å². The van der Waals surface area contributed by atoms with E-state index in [1.54, 1.807) is 11.0 Å². The number of hydrogen-bond donors (Lipinski definition) is 0. The SMILES string of the molecule is Cc1ccc(F)cc1C(Cl)C(=O)N1CCOCC1. The molecule has 1 amide bonds. The largest absolute Gasteiger partial charge is 0.378 e. The highest BCUT2D eigenvalue weighted by molar-refractivity contribution is 6.30. The number of carbonyl (C=O) groups excluding carboxylic acids is 1. The number of carbonyl (C=O) groups is 1. The van der Waals surface area contributed by atoms with Gasteiger partial charge in [-0.2, -0.15) is 0 Å². The minimum absolute atomic E-state index is 0.186. The Kier molecular flexibility index (Phi) is 4.19. The van der Waals surface area contributed by atoms with Crippen molar-refractivity contribution in [3.8, 4) is 0 Å². The molecule has 0 aliphatic carbocycles. The van der Waals surface area contributed by atoms with E-state index in [0.717, 1.165) is 5.56 Å². The summed E-state index contributed by atoms with van der Waals surface area (Å²) in [5.74, 6) is -0.565. The number of benzene rings is 1. The van der Waals surface area contributed by atoms with Crippen LogP contribution in [0.15, 0.2) is 18.2 Å². The molecule has 0 radical (unpaired) electrons. The normalized spacial score (nSPS) is 17.6. The van der Waals surface area contributed by atoms with Gasteiger partial charge < -0.3 is 9.64 Å². The van der Waals surface area contributed by atoms with Gasteiger partial charge in [-0.1, -0.05) is 6.07 Å². The van der Waals surface area contributed by atoms with Gasteiger partial charge >= 0.3 is 0 Å². The van der Waals surface area contributed by atoms with Gasteiger partial charge in [0.25, 0.3) is 0 Å². The fourth-order valence-electron chi connectivity index (χ4n) is 1.96. The second kappa shape index (κ2) is 5.67. The number of halogens is 2. The average Bonchev–Trinajstić information content (AvgIpc) is 2.41. The molecule has 1 aliphatic rings. The molecule has 1 unspecified atom stereocenters. The second-order valence-corrected chi connectivity index (χ2v) is 4.74. The maximum Gasteiger partial charge on any atom is 0.245 e. The van der Waals surface area contributed by atoms with Crippen LogP contribution in [-0.4, -0.2) is 37.1 Å². The second-order valence-electron chi connectivity index (χ2n) is 4.30. The highest BCUT2D eigenvalue weighted by Crippen LogP contribution is 2.27. The number of alkyl halides is 1. The summed E-state index contributed by atoms with van der Waals surface area (Å²) in [6, 6.07) is 4.32. The molecule has 1 aromatic carbocycles. The van der Waals surface area contributed by atoms with Crippen LogP contribution in [0.2, 0.25) is 0 Å². The van der Waals surface area contributed by atoms with Crippen LogP contribution in [0, 0.1) is 12.7 Å². The molecule has 18 heavy (non-hydrogen) atoms. The molecule has 1 atom stereocenters. The first-order valence-corrected chi connectivity index (χ1v) is 6.30. The van der Waals surface area contributed by atoms with Crippen molar-refractivity contribution in [1.82, 2.24) is 4.90 Å². The van der Waals surface area contributed by atoms with Crippen LogP contribution in [0.4, 0.5) is 4.39 Å². The van der Waals surface area contributed by atoms with E-state index in [1.165, 1.54) is 12.1 Å². The van der Waals surface area contributed by atoms with Crippen LogP contribution in [0.3, 0.4) is 0 Å². The maximum atomic E-state index is 13.2. The Balaban J connectivity index is 2.16. The van der Waals surface area contributed by atoms with Crippen LogP contribution >= 0.6 is 11.6 Å². The van der Waals surface area contributed by atoms with E-state index in [1.807, 2.05) is 6.92 Å². The molecule has 1 saturated heterocycles. The average molecular weight is 272 g/mol. The molecule has 98 valence electrons. The van der Waals surface area contributed by atoms with Crippen LogP contribution in [0.1, 0.15) is 16.5 Å². The third kappa shape index (κ3) is 2.82. The number of amides is 1. The lowest BCUT2D eigenvalue weighted by molar-refractivity contribution is -0.134. The van der Waals surface area contributed by atoms with E-state index in [2.05, 4.69) is 0 Å². The monoisotopic (exact) mass is 271 g/mol. The number of hydrogen-bond acceptors (Lipinski definition) is 2. The molecule has 0 N–H and O–H groups in total. The number of rotatable bonds is 2. The zero-order valence-corrected chi connectivity index (χ0v) is 10.9. The summed E-state index contributed by atoms with van der Waals surface area (Å²) >= 11 is 6.17. The molecule has 1 heterocycles. The summed E-state index contributed by atoms with van der Waals surface area (Å²) in [6.45, 7) is 3.94. The van der Waals surface area contributed by atoms with Gasteiger partial charge in [-0.3, -0.25) is 4.79 Å². The van der Waals surface area contributed by atoms with Crippen molar-refractivity contribution in [3.05, 3.63) is 35.1 Å². The highest BCUT2D eigenvalue weighted by atomic mass is 35.5. The molecule has 1 aromatic rings. The molecule has 5 heteroatoms. The zero-order chi connectivity index (χ0) is 13.1. The number of nitrogens with zero attached hydrogens (tertiary/aromatic N) is 1. The molecule has 1 fully saturated rings. The lowest BCUT2D eigenvalue weighted by Gasteiger charge is -2.29. The van der Waals surface area contributed by atoms with Crippen molar-refractivity contribution in [2.75, 3.05) is 26.3 Å². The van der Waals surface area contributed by atoms with Gasteiger partial charge in [0.05, 0.1) is 13.2 Å². The van der Waals surface area contributed by atoms with Gasteiger partial charge in [0.1, 0.15) is 11.2 Å². The van der Waals surface area contributed by atoms with E-state index in [9.17, 15) is 9.18 Å². The molecule has 0 saturated carbocycles. The molecule has 0 aromatic heterocycles. The number of aryl methyl sites for hydroxylation is 1. The minimum atomic E-state index is -0.834. The molecule has 1 aliphatic heterocycles. The zero-order valence-electron chi connectivity index (χ0n) is 10.2. The summed E-state index contributed by atoms with van der Waals surface area (Å²) < 4.78 is 18.4. The fraction of sp³-hybridized carbons (Fsp3) is 0.462. The summed E-state index contributed by atoms with van der Waals surface area (Å²) in [7, 11) is 0. The van der Waals surface area contributed by atoms with E-state index >= 15 is 0 Å². The Hall–Kier alpha value is -1.13. The third-order valence-corrected chi connectivity index (χ3v) is 3.48. The molecular weight excluding hydrogens is 257 g/mol. The lowest BCUT2D eigenvalue weighted by Crippen LogP contribution is -2.42. The molecule has 2 rings (SSSR count). The van der Waals surface area contributed by atoms with Gasteiger partial charge in [-0.15, -0.1) is 11.6 Å². The topological polar surface area (TPSA) is 29.5 Å². The molecule has 0 spiro atoms. The molecular formula is C13H15ClFNO2. The van der Waals surface area contributed by atoms with Crippen LogP contribution in [-0.2, 0) is 9.53 Å². The minimum Gasteiger partial charge on any atom is -0.378 e. The van der Waals surface area contributed by atoms with Crippen molar-refractivity contribution in [2.24, 2.45) is 0 Å². The van der Waals surface area contributed by atoms with Gasteiger partial charge in [-0.05, 0) is 30.2 Å². The predicted molar refractivity (Wildman–Crippen MR) is 67.1 cm³/mol. The van der Waals surface area contributed by atoms with E-state index in [4.69, 9.17) is 16.3 Å². The lowest BCUT2D eigenvalue weighted by atomic mass is 10.0. The summed E-state index contributed by atoms with van der Waals surface area (Å²) in [5.41, 5.74) is 1.35. The predicted octanol–water partition coefficient (Wildman–Crippen LogP) is 2.27. The smallest absolute Gasteiger partial charge is 0.245 e. The Morgan fingerprint density at radius 2 is 2.11 bits per heavy atom. The first-order valence-electron chi connectivity index (χ1n) is 5.86. The Labute approximate surface area is 110 Å². The fourth-order valence-corrected chi connectivity index (χ4v) is 2.33. The number of morpholine rings is 1. The summed E-state index contributed by atoms with van der Waals surface area (Å²) in [6.07, 6.45) is 0. The quantitative estimate of drug-likeness (QED) is 0.773. The Morgan fingerprint density at radius 3 is 2.78 bits per heavy atom. The summed E-state index contributed by atoms with van der Waals surface area (Å²) in [4.78, 5) is 13.8. The maximum absolute atomic E-state index is 13.2. The van der Waals surface area contributed by atoms with Crippen molar-refractivity contribution in [1.29, 1.82) is 0 Å². The Bertz CT molecular complexity index is 447. The van der Waals surface area contributed by atoms with Gasteiger partial charge in [0.15, 0.2) is 0 Å². The van der Waals surface area contributed by atoms with Crippen LogP contribution in [0.5, 0.6) is 0 Å². The Morgan fingerprint density at radius 1 is 1.44 bits per heavy atom. The van der Waals surface area contributed by atoms with Crippen LogP contribution < -0.4 is 0 Å². The van der Waals surface area contributed by atoms with E-state index in [0.29, 0.717) is 31.9 Å². The first kappa shape index (κ1) is 13.3. The molecule has 3 nitrogen and oxygen atoms in total.